The first kappa shape index (κ1) is 14.8. The van der Waals surface area contributed by atoms with E-state index in [1.165, 1.54) is 6.07 Å². The van der Waals surface area contributed by atoms with Crippen molar-refractivity contribution in [1.82, 2.24) is 4.98 Å². The Bertz CT molecular complexity index is 643. The molecule has 3 nitrogen and oxygen atoms in total. The molecule has 0 N–H and O–H groups in total. The Morgan fingerprint density at radius 1 is 1.00 bits per heavy atom. The molecule has 0 unspecified atom stereocenters. The van der Waals surface area contributed by atoms with Gasteiger partial charge in [-0.25, -0.2) is 9.37 Å². The molecule has 0 aliphatic carbocycles. The van der Waals surface area contributed by atoms with Crippen LogP contribution in [-0.4, -0.2) is 31.2 Å². The Balaban J connectivity index is 1.72. The van der Waals surface area contributed by atoms with Gasteiger partial charge in [-0.2, -0.15) is 0 Å². The van der Waals surface area contributed by atoms with Crippen LogP contribution in [0.15, 0.2) is 45.5 Å². The van der Waals surface area contributed by atoms with Crippen LogP contribution in [0, 0.1) is 5.82 Å². The summed E-state index contributed by atoms with van der Waals surface area (Å²) in [5.74, 6) is 0.778. The summed E-state index contributed by atoms with van der Waals surface area (Å²) in [5, 5.41) is 0. The van der Waals surface area contributed by atoms with E-state index in [1.54, 1.807) is 12.3 Å². The molecule has 6 heteroatoms. The van der Waals surface area contributed by atoms with Crippen molar-refractivity contribution in [2.45, 2.75) is 0 Å². The van der Waals surface area contributed by atoms with Gasteiger partial charge in [0.1, 0.15) is 11.6 Å². The number of para-hydroxylation sites is 1. The molecule has 110 valence electrons. The molecule has 2 aromatic rings. The lowest BCUT2D eigenvalue weighted by Gasteiger charge is -2.37. The Hall–Kier alpha value is -1.14. The Morgan fingerprint density at radius 2 is 1.67 bits per heavy atom. The highest BCUT2D eigenvalue weighted by molar-refractivity contribution is 9.11. The van der Waals surface area contributed by atoms with E-state index < -0.39 is 0 Å². The molecule has 0 bridgehead atoms. The quantitative estimate of drug-likeness (QED) is 0.738. The third-order valence-corrected chi connectivity index (χ3v) is 4.58. The summed E-state index contributed by atoms with van der Waals surface area (Å²) < 4.78 is 15.7. The molecule has 3 rings (SSSR count). The van der Waals surface area contributed by atoms with Crippen LogP contribution in [0.1, 0.15) is 0 Å². The SMILES string of the molecule is Fc1ccccc1N1CCN(c2ncc(Br)cc2Br)CC1. The molecule has 0 spiro atoms. The summed E-state index contributed by atoms with van der Waals surface area (Å²) in [6.45, 7) is 3.21. The Labute approximate surface area is 140 Å². The maximum Gasteiger partial charge on any atom is 0.146 e. The molecule has 0 saturated carbocycles. The maximum absolute atomic E-state index is 13.8. The summed E-state index contributed by atoms with van der Waals surface area (Å²) in [4.78, 5) is 8.75. The van der Waals surface area contributed by atoms with Gasteiger partial charge in [-0.05, 0) is 50.1 Å². The predicted octanol–water partition coefficient (Wildman–Crippen LogP) is 4.07. The van der Waals surface area contributed by atoms with Crippen LogP contribution in [0.2, 0.25) is 0 Å². The van der Waals surface area contributed by atoms with Crippen molar-refractivity contribution in [2.75, 3.05) is 36.0 Å². The number of hydrogen-bond acceptors (Lipinski definition) is 3. The molecule has 2 heterocycles. The number of pyridine rings is 1. The standard InChI is InChI=1S/C15H14Br2FN3/c16-11-9-12(17)15(19-10-11)21-7-5-20(6-8-21)14-4-2-1-3-13(14)18/h1-4,9-10H,5-8H2. The summed E-state index contributed by atoms with van der Waals surface area (Å²) in [6, 6.07) is 8.93. The molecule has 1 fully saturated rings. The van der Waals surface area contributed by atoms with E-state index in [1.807, 2.05) is 18.2 Å². The molecule has 21 heavy (non-hydrogen) atoms. The number of hydrogen-bond donors (Lipinski definition) is 0. The zero-order valence-electron chi connectivity index (χ0n) is 11.3. The van der Waals surface area contributed by atoms with Crippen LogP contribution in [0.4, 0.5) is 15.9 Å². The number of benzene rings is 1. The van der Waals surface area contributed by atoms with Crippen molar-refractivity contribution in [3.8, 4) is 0 Å². The number of nitrogens with zero attached hydrogens (tertiary/aromatic N) is 3. The minimum absolute atomic E-state index is 0.158. The fraction of sp³-hybridized carbons (Fsp3) is 0.267. The van der Waals surface area contributed by atoms with E-state index >= 15 is 0 Å². The highest BCUT2D eigenvalue weighted by Gasteiger charge is 2.21. The van der Waals surface area contributed by atoms with Gasteiger partial charge in [-0.1, -0.05) is 12.1 Å². The Morgan fingerprint density at radius 3 is 2.33 bits per heavy atom. The van der Waals surface area contributed by atoms with E-state index in [0.717, 1.165) is 40.9 Å². The fourth-order valence-corrected chi connectivity index (χ4v) is 3.75. The minimum atomic E-state index is -0.158. The van der Waals surface area contributed by atoms with Crippen molar-refractivity contribution in [3.63, 3.8) is 0 Å². The molecule has 1 aromatic carbocycles. The van der Waals surface area contributed by atoms with Gasteiger partial charge in [0.15, 0.2) is 0 Å². The van der Waals surface area contributed by atoms with Crippen LogP contribution >= 0.6 is 31.9 Å². The smallest absolute Gasteiger partial charge is 0.146 e. The molecule has 1 saturated heterocycles. The van der Waals surface area contributed by atoms with E-state index in [-0.39, 0.29) is 5.82 Å². The summed E-state index contributed by atoms with van der Waals surface area (Å²) in [7, 11) is 0. The molecule has 1 aliphatic rings. The van der Waals surface area contributed by atoms with E-state index in [4.69, 9.17) is 0 Å². The molecule has 0 radical (unpaired) electrons. The van der Waals surface area contributed by atoms with Gasteiger partial charge in [0.05, 0.1) is 10.2 Å². The van der Waals surface area contributed by atoms with Crippen molar-refractivity contribution >= 4 is 43.4 Å². The van der Waals surface area contributed by atoms with Crippen molar-refractivity contribution in [2.24, 2.45) is 0 Å². The third kappa shape index (κ3) is 3.21. The molecular formula is C15H14Br2FN3. The highest BCUT2D eigenvalue weighted by atomic mass is 79.9. The molecule has 0 amide bonds. The van der Waals surface area contributed by atoms with Gasteiger partial charge >= 0.3 is 0 Å². The minimum Gasteiger partial charge on any atom is -0.366 e. The molecule has 0 atom stereocenters. The second kappa shape index (κ2) is 6.32. The first-order chi connectivity index (χ1) is 10.1. The van der Waals surface area contributed by atoms with E-state index in [0.29, 0.717) is 5.69 Å². The Kier molecular flexibility index (Phi) is 4.45. The largest absolute Gasteiger partial charge is 0.366 e. The van der Waals surface area contributed by atoms with Gasteiger partial charge in [-0.3, -0.25) is 0 Å². The number of halogens is 3. The van der Waals surface area contributed by atoms with Gasteiger partial charge in [0, 0.05) is 36.8 Å². The van der Waals surface area contributed by atoms with Crippen LogP contribution in [0.3, 0.4) is 0 Å². The molecule has 1 aromatic heterocycles. The summed E-state index contributed by atoms with van der Waals surface area (Å²) in [5.41, 5.74) is 0.681. The van der Waals surface area contributed by atoms with Crippen LogP contribution in [0.5, 0.6) is 0 Å². The maximum atomic E-state index is 13.8. The molecular weight excluding hydrogens is 401 g/mol. The first-order valence-electron chi connectivity index (χ1n) is 6.70. The monoisotopic (exact) mass is 413 g/mol. The van der Waals surface area contributed by atoms with Gasteiger partial charge in [-0.15, -0.1) is 0 Å². The van der Waals surface area contributed by atoms with Crippen LogP contribution < -0.4 is 9.80 Å². The average molecular weight is 415 g/mol. The third-order valence-electron chi connectivity index (χ3n) is 3.56. The second-order valence-corrected chi connectivity index (χ2v) is 6.65. The fourth-order valence-electron chi connectivity index (χ4n) is 2.51. The number of anilines is 2. The second-order valence-electron chi connectivity index (χ2n) is 4.88. The number of aromatic nitrogens is 1. The van der Waals surface area contributed by atoms with E-state index in [9.17, 15) is 4.39 Å². The number of piperazine rings is 1. The normalized spacial score (nSPS) is 15.4. The van der Waals surface area contributed by atoms with Crippen molar-refractivity contribution < 1.29 is 4.39 Å². The van der Waals surface area contributed by atoms with Crippen molar-refractivity contribution in [1.29, 1.82) is 0 Å². The van der Waals surface area contributed by atoms with Crippen LogP contribution in [0.25, 0.3) is 0 Å². The summed E-state index contributed by atoms with van der Waals surface area (Å²) >= 11 is 6.95. The van der Waals surface area contributed by atoms with Gasteiger partial charge in [0.2, 0.25) is 0 Å². The van der Waals surface area contributed by atoms with Crippen LogP contribution in [-0.2, 0) is 0 Å². The average Bonchev–Trinajstić information content (AvgIpc) is 2.48. The lowest BCUT2D eigenvalue weighted by Crippen LogP contribution is -2.47. The molecule has 1 aliphatic heterocycles. The highest BCUT2D eigenvalue weighted by Crippen LogP contribution is 2.28. The van der Waals surface area contributed by atoms with Gasteiger partial charge in [0.25, 0.3) is 0 Å². The zero-order chi connectivity index (χ0) is 14.8. The summed E-state index contributed by atoms with van der Waals surface area (Å²) in [6.07, 6.45) is 1.79. The zero-order valence-corrected chi connectivity index (χ0v) is 14.4. The topological polar surface area (TPSA) is 19.4 Å². The first-order valence-corrected chi connectivity index (χ1v) is 8.29. The lowest BCUT2D eigenvalue weighted by molar-refractivity contribution is 0.596. The van der Waals surface area contributed by atoms with E-state index in [2.05, 4.69) is 46.6 Å². The van der Waals surface area contributed by atoms with Crippen molar-refractivity contribution in [3.05, 3.63) is 51.3 Å². The number of rotatable bonds is 2. The van der Waals surface area contributed by atoms with Gasteiger partial charge < -0.3 is 9.80 Å². The lowest BCUT2D eigenvalue weighted by atomic mass is 10.2. The predicted molar refractivity (Wildman–Crippen MR) is 90.5 cm³/mol.